The topological polar surface area (TPSA) is 32.3 Å². The van der Waals surface area contributed by atoms with E-state index in [0.29, 0.717) is 13.1 Å². The first kappa shape index (κ1) is 16.7. The summed E-state index contributed by atoms with van der Waals surface area (Å²) in [5.74, 6) is 0.153. The van der Waals surface area contributed by atoms with E-state index in [4.69, 9.17) is 0 Å². The summed E-state index contributed by atoms with van der Waals surface area (Å²) in [4.78, 5) is 11.8. The van der Waals surface area contributed by atoms with E-state index >= 15 is 0 Å². The second-order valence-electron chi connectivity index (χ2n) is 5.93. The fourth-order valence-electron chi connectivity index (χ4n) is 2.79. The summed E-state index contributed by atoms with van der Waals surface area (Å²) in [5, 5.41) is 0. The van der Waals surface area contributed by atoms with Crippen molar-refractivity contribution >= 4 is 5.95 Å². The number of halogens is 3. The summed E-state index contributed by atoms with van der Waals surface area (Å²) in [7, 11) is 0. The molecule has 1 aliphatic rings. The molecule has 0 bridgehead atoms. The molecule has 2 aromatic rings. The quantitative estimate of drug-likeness (QED) is 0.862. The minimum absolute atomic E-state index is 0.153. The van der Waals surface area contributed by atoms with E-state index in [2.05, 4.69) is 33.9 Å². The van der Waals surface area contributed by atoms with E-state index in [-0.39, 0.29) is 5.95 Å². The lowest BCUT2D eigenvalue weighted by atomic mass is 10.1. The SMILES string of the molecule is Cc1ccccc1CN1CCN(c2nccc(C(F)(F)F)n2)CC1. The van der Waals surface area contributed by atoms with Crippen molar-refractivity contribution in [2.24, 2.45) is 0 Å². The van der Waals surface area contributed by atoms with Gasteiger partial charge in [-0.15, -0.1) is 0 Å². The molecule has 1 fully saturated rings. The lowest BCUT2D eigenvalue weighted by Gasteiger charge is -2.35. The van der Waals surface area contributed by atoms with Crippen molar-refractivity contribution in [3.8, 4) is 0 Å². The molecule has 0 aliphatic carbocycles. The molecule has 0 atom stereocenters. The van der Waals surface area contributed by atoms with E-state index in [1.54, 1.807) is 0 Å². The van der Waals surface area contributed by atoms with Gasteiger partial charge in [0, 0.05) is 38.9 Å². The Bertz CT molecular complexity index is 694. The van der Waals surface area contributed by atoms with Gasteiger partial charge in [-0.2, -0.15) is 13.2 Å². The van der Waals surface area contributed by atoms with Crippen molar-refractivity contribution < 1.29 is 13.2 Å². The highest BCUT2D eigenvalue weighted by Crippen LogP contribution is 2.28. The Balaban J connectivity index is 1.62. The summed E-state index contributed by atoms with van der Waals surface area (Å²) in [6, 6.07) is 9.13. The van der Waals surface area contributed by atoms with Gasteiger partial charge in [-0.05, 0) is 24.1 Å². The molecule has 0 radical (unpaired) electrons. The van der Waals surface area contributed by atoms with Gasteiger partial charge in [0.05, 0.1) is 0 Å². The highest BCUT2D eigenvalue weighted by Gasteiger charge is 2.33. The monoisotopic (exact) mass is 336 g/mol. The predicted octanol–water partition coefficient (Wildman–Crippen LogP) is 3.13. The molecule has 0 spiro atoms. The van der Waals surface area contributed by atoms with Crippen LogP contribution in [0, 0.1) is 6.92 Å². The van der Waals surface area contributed by atoms with Crippen LogP contribution in [-0.4, -0.2) is 41.0 Å². The smallest absolute Gasteiger partial charge is 0.338 e. The zero-order chi connectivity index (χ0) is 17.2. The van der Waals surface area contributed by atoms with Gasteiger partial charge in [0.25, 0.3) is 0 Å². The maximum absolute atomic E-state index is 12.8. The third-order valence-electron chi connectivity index (χ3n) is 4.24. The molecule has 7 heteroatoms. The Morgan fingerprint density at radius 2 is 1.75 bits per heavy atom. The number of hydrogen-bond acceptors (Lipinski definition) is 4. The van der Waals surface area contributed by atoms with Crippen molar-refractivity contribution in [3.05, 3.63) is 53.3 Å². The molecular weight excluding hydrogens is 317 g/mol. The Kier molecular flexibility index (Phi) is 4.71. The van der Waals surface area contributed by atoms with Crippen LogP contribution in [0.2, 0.25) is 0 Å². The molecule has 1 aliphatic heterocycles. The summed E-state index contributed by atoms with van der Waals surface area (Å²) in [6.45, 7) is 5.72. The maximum Gasteiger partial charge on any atom is 0.433 e. The van der Waals surface area contributed by atoms with Crippen LogP contribution in [0.1, 0.15) is 16.8 Å². The average molecular weight is 336 g/mol. The molecular formula is C17H19F3N4. The molecule has 0 unspecified atom stereocenters. The van der Waals surface area contributed by atoms with Gasteiger partial charge in [-0.1, -0.05) is 24.3 Å². The maximum atomic E-state index is 12.8. The third-order valence-corrected chi connectivity index (χ3v) is 4.24. The van der Waals surface area contributed by atoms with Crippen molar-refractivity contribution in [2.75, 3.05) is 31.1 Å². The molecule has 1 aromatic heterocycles. The van der Waals surface area contributed by atoms with Gasteiger partial charge < -0.3 is 4.90 Å². The fourth-order valence-corrected chi connectivity index (χ4v) is 2.79. The summed E-state index contributed by atoms with van der Waals surface area (Å²) < 4.78 is 38.3. The lowest BCUT2D eigenvalue weighted by Crippen LogP contribution is -2.46. The number of benzene rings is 1. The molecule has 2 heterocycles. The first-order valence-electron chi connectivity index (χ1n) is 7.85. The normalized spacial score (nSPS) is 16.4. The van der Waals surface area contributed by atoms with Crippen LogP contribution in [0.25, 0.3) is 0 Å². The molecule has 3 rings (SSSR count). The fraction of sp³-hybridized carbons (Fsp3) is 0.412. The third kappa shape index (κ3) is 3.84. The molecule has 128 valence electrons. The largest absolute Gasteiger partial charge is 0.433 e. The van der Waals surface area contributed by atoms with Crippen LogP contribution in [-0.2, 0) is 12.7 Å². The van der Waals surface area contributed by atoms with Crippen molar-refractivity contribution in [1.29, 1.82) is 0 Å². The van der Waals surface area contributed by atoms with Crippen molar-refractivity contribution in [1.82, 2.24) is 14.9 Å². The summed E-state index contributed by atoms with van der Waals surface area (Å²) in [5.41, 5.74) is 1.64. The van der Waals surface area contributed by atoms with E-state index in [1.807, 2.05) is 17.0 Å². The molecule has 0 saturated carbocycles. The van der Waals surface area contributed by atoms with Crippen LogP contribution in [0.15, 0.2) is 36.5 Å². The molecule has 4 nitrogen and oxygen atoms in total. The zero-order valence-corrected chi connectivity index (χ0v) is 13.4. The van der Waals surface area contributed by atoms with Gasteiger partial charge in [-0.3, -0.25) is 4.90 Å². The molecule has 0 amide bonds. The van der Waals surface area contributed by atoms with Gasteiger partial charge >= 0.3 is 6.18 Å². The number of hydrogen-bond donors (Lipinski definition) is 0. The predicted molar refractivity (Wildman–Crippen MR) is 85.7 cm³/mol. The molecule has 1 aromatic carbocycles. The van der Waals surface area contributed by atoms with Gasteiger partial charge in [0.1, 0.15) is 5.69 Å². The average Bonchev–Trinajstić information content (AvgIpc) is 2.57. The summed E-state index contributed by atoms with van der Waals surface area (Å²) in [6.07, 6.45) is -3.27. The Labute approximate surface area is 138 Å². The standard InChI is InChI=1S/C17H19F3N4/c1-13-4-2-3-5-14(13)12-23-8-10-24(11-9-23)16-21-7-6-15(22-16)17(18,19)20/h2-7H,8-12H2,1H3. The van der Waals surface area contributed by atoms with Crippen LogP contribution in [0.5, 0.6) is 0 Å². The zero-order valence-electron chi connectivity index (χ0n) is 13.4. The first-order valence-corrected chi connectivity index (χ1v) is 7.85. The number of piperazine rings is 1. The van der Waals surface area contributed by atoms with Crippen LogP contribution >= 0.6 is 0 Å². The highest BCUT2D eigenvalue weighted by molar-refractivity contribution is 5.32. The van der Waals surface area contributed by atoms with E-state index in [9.17, 15) is 13.2 Å². The Morgan fingerprint density at radius 3 is 2.42 bits per heavy atom. The molecule has 1 saturated heterocycles. The van der Waals surface area contributed by atoms with Gasteiger partial charge in [0.15, 0.2) is 0 Å². The number of alkyl halides is 3. The summed E-state index contributed by atoms with van der Waals surface area (Å²) >= 11 is 0. The van der Waals surface area contributed by atoms with E-state index in [1.165, 1.54) is 17.3 Å². The minimum Gasteiger partial charge on any atom is -0.338 e. The van der Waals surface area contributed by atoms with Crippen LogP contribution in [0.3, 0.4) is 0 Å². The second kappa shape index (κ2) is 6.76. The first-order chi connectivity index (χ1) is 11.4. The van der Waals surface area contributed by atoms with Crippen LogP contribution in [0.4, 0.5) is 19.1 Å². The Morgan fingerprint density at radius 1 is 1.04 bits per heavy atom. The number of nitrogens with zero attached hydrogens (tertiary/aromatic N) is 4. The highest BCUT2D eigenvalue weighted by atomic mass is 19.4. The number of rotatable bonds is 3. The molecule has 0 N–H and O–H groups in total. The number of aromatic nitrogens is 2. The molecule has 24 heavy (non-hydrogen) atoms. The van der Waals surface area contributed by atoms with Crippen molar-refractivity contribution in [3.63, 3.8) is 0 Å². The van der Waals surface area contributed by atoms with E-state index in [0.717, 1.165) is 25.7 Å². The minimum atomic E-state index is -4.44. The number of aryl methyl sites for hydroxylation is 1. The lowest BCUT2D eigenvalue weighted by molar-refractivity contribution is -0.141. The second-order valence-corrected chi connectivity index (χ2v) is 5.93. The van der Waals surface area contributed by atoms with Crippen LogP contribution < -0.4 is 4.90 Å². The van der Waals surface area contributed by atoms with Gasteiger partial charge in [0.2, 0.25) is 5.95 Å². The van der Waals surface area contributed by atoms with E-state index < -0.39 is 11.9 Å². The van der Waals surface area contributed by atoms with Crippen molar-refractivity contribution in [2.45, 2.75) is 19.6 Å². The Hall–Kier alpha value is -2.15. The number of anilines is 1. The van der Waals surface area contributed by atoms with Gasteiger partial charge in [-0.25, -0.2) is 9.97 Å².